The van der Waals surface area contributed by atoms with Gasteiger partial charge in [0.15, 0.2) is 11.6 Å². The normalized spacial score (nSPS) is 12.1. The van der Waals surface area contributed by atoms with Gasteiger partial charge in [-0.2, -0.15) is 0 Å². The first kappa shape index (κ1) is 15.1. The Morgan fingerprint density at radius 3 is 2.65 bits per heavy atom. The first-order valence-corrected chi connectivity index (χ1v) is 7.23. The van der Waals surface area contributed by atoms with E-state index in [0.717, 1.165) is 15.7 Å². The highest BCUT2D eigenvalue weighted by Gasteiger charge is 2.11. The van der Waals surface area contributed by atoms with Gasteiger partial charge >= 0.3 is 0 Å². The largest absolute Gasteiger partial charge is 0.494 e. The van der Waals surface area contributed by atoms with E-state index in [0.29, 0.717) is 5.02 Å². The third kappa shape index (κ3) is 3.44. The number of benzene rings is 2. The maximum absolute atomic E-state index is 13.7. The number of methoxy groups -OCH3 is 1. The lowest BCUT2D eigenvalue weighted by molar-refractivity contribution is 0.386. The van der Waals surface area contributed by atoms with Crippen LogP contribution in [0.3, 0.4) is 0 Å². The second-order valence-corrected chi connectivity index (χ2v) is 5.71. The standard InChI is InChI=1S/C15H14BrClFNO/c1-9(10-3-6-15(20-2)13(18)7-10)19-14-8-11(16)4-5-12(14)17/h3-9,19H,1-2H3. The van der Waals surface area contributed by atoms with Crippen LogP contribution in [-0.2, 0) is 0 Å². The monoisotopic (exact) mass is 357 g/mol. The van der Waals surface area contributed by atoms with Crippen molar-refractivity contribution in [1.82, 2.24) is 0 Å². The fourth-order valence-corrected chi connectivity index (χ4v) is 2.41. The van der Waals surface area contributed by atoms with E-state index in [4.69, 9.17) is 16.3 Å². The molecule has 1 N–H and O–H groups in total. The van der Waals surface area contributed by atoms with E-state index in [2.05, 4.69) is 21.2 Å². The summed E-state index contributed by atoms with van der Waals surface area (Å²) in [6, 6.07) is 10.4. The van der Waals surface area contributed by atoms with Gasteiger partial charge in [-0.15, -0.1) is 0 Å². The molecule has 0 aliphatic heterocycles. The number of nitrogens with one attached hydrogen (secondary N) is 1. The molecule has 2 nitrogen and oxygen atoms in total. The van der Waals surface area contributed by atoms with Crippen LogP contribution in [0.4, 0.5) is 10.1 Å². The van der Waals surface area contributed by atoms with E-state index >= 15 is 0 Å². The van der Waals surface area contributed by atoms with Gasteiger partial charge in [-0.25, -0.2) is 4.39 Å². The van der Waals surface area contributed by atoms with Crippen LogP contribution in [0.25, 0.3) is 0 Å². The Morgan fingerprint density at radius 2 is 2.00 bits per heavy atom. The number of ether oxygens (including phenoxy) is 1. The molecule has 2 aromatic rings. The van der Waals surface area contributed by atoms with E-state index in [1.165, 1.54) is 13.2 Å². The molecule has 0 aliphatic rings. The molecule has 2 aromatic carbocycles. The summed E-state index contributed by atoms with van der Waals surface area (Å²) < 4.78 is 19.5. The highest BCUT2D eigenvalue weighted by molar-refractivity contribution is 9.10. The van der Waals surface area contributed by atoms with Crippen molar-refractivity contribution in [2.75, 3.05) is 12.4 Å². The minimum Gasteiger partial charge on any atom is -0.494 e. The minimum atomic E-state index is -0.376. The van der Waals surface area contributed by atoms with Crippen molar-refractivity contribution >= 4 is 33.2 Å². The first-order valence-electron chi connectivity index (χ1n) is 6.06. The van der Waals surface area contributed by atoms with E-state index < -0.39 is 0 Å². The molecule has 5 heteroatoms. The molecule has 1 atom stereocenters. The van der Waals surface area contributed by atoms with Crippen LogP contribution < -0.4 is 10.1 Å². The Bertz CT molecular complexity index is 621. The van der Waals surface area contributed by atoms with Crippen molar-refractivity contribution in [2.24, 2.45) is 0 Å². The van der Waals surface area contributed by atoms with Crippen LogP contribution in [0.2, 0.25) is 5.02 Å². The van der Waals surface area contributed by atoms with Gasteiger partial charge in [0.1, 0.15) is 0 Å². The predicted octanol–water partition coefficient (Wildman–Crippen LogP) is 5.42. The summed E-state index contributed by atoms with van der Waals surface area (Å²) >= 11 is 9.53. The van der Waals surface area contributed by atoms with Gasteiger partial charge in [-0.1, -0.05) is 33.6 Å². The summed E-state index contributed by atoms with van der Waals surface area (Å²) in [6.45, 7) is 1.94. The molecule has 0 fully saturated rings. The van der Waals surface area contributed by atoms with Crippen molar-refractivity contribution in [1.29, 1.82) is 0 Å². The summed E-state index contributed by atoms with van der Waals surface area (Å²) in [5, 5.41) is 3.88. The smallest absolute Gasteiger partial charge is 0.165 e. The summed E-state index contributed by atoms with van der Waals surface area (Å²) in [4.78, 5) is 0. The van der Waals surface area contributed by atoms with Crippen LogP contribution in [-0.4, -0.2) is 7.11 Å². The number of hydrogen-bond acceptors (Lipinski definition) is 2. The van der Waals surface area contributed by atoms with E-state index in [-0.39, 0.29) is 17.6 Å². The van der Waals surface area contributed by atoms with Crippen LogP contribution in [0.1, 0.15) is 18.5 Å². The fourth-order valence-electron chi connectivity index (χ4n) is 1.88. The van der Waals surface area contributed by atoms with Crippen molar-refractivity contribution < 1.29 is 9.13 Å². The third-order valence-corrected chi connectivity index (χ3v) is 3.80. The molecule has 0 saturated carbocycles. The van der Waals surface area contributed by atoms with E-state index in [1.54, 1.807) is 12.1 Å². The first-order chi connectivity index (χ1) is 9.51. The Balaban J connectivity index is 2.21. The molecule has 1 unspecified atom stereocenters. The van der Waals surface area contributed by atoms with E-state index in [1.807, 2.05) is 25.1 Å². The molecular formula is C15H14BrClFNO. The Hall–Kier alpha value is -1.26. The fraction of sp³-hybridized carbons (Fsp3) is 0.200. The SMILES string of the molecule is COc1ccc(C(C)Nc2cc(Br)ccc2Cl)cc1F. The predicted molar refractivity (Wildman–Crippen MR) is 84.1 cm³/mol. The molecular weight excluding hydrogens is 345 g/mol. The zero-order valence-corrected chi connectivity index (χ0v) is 13.4. The van der Waals surface area contributed by atoms with Gasteiger partial charge in [0.05, 0.1) is 17.8 Å². The molecule has 0 heterocycles. The molecule has 0 spiro atoms. The molecule has 106 valence electrons. The quantitative estimate of drug-likeness (QED) is 0.787. The molecule has 2 rings (SSSR count). The average molecular weight is 359 g/mol. The van der Waals surface area contributed by atoms with E-state index in [9.17, 15) is 4.39 Å². The van der Waals surface area contributed by atoms with Gasteiger partial charge < -0.3 is 10.1 Å². The molecule has 0 amide bonds. The highest BCUT2D eigenvalue weighted by Crippen LogP contribution is 2.30. The van der Waals surface area contributed by atoms with Gasteiger partial charge in [0.25, 0.3) is 0 Å². The zero-order chi connectivity index (χ0) is 14.7. The topological polar surface area (TPSA) is 21.3 Å². The zero-order valence-electron chi connectivity index (χ0n) is 11.1. The average Bonchev–Trinajstić information content (AvgIpc) is 2.42. The van der Waals surface area contributed by atoms with Crippen molar-refractivity contribution in [2.45, 2.75) is 13.0 Å². The molecule has 0 radical (unpaired) electrons. The van der Waals surface area contributed by atoms with Crippen molar-refractivity contribution in [3.8, 4) is 5.75 Å². The lowest BCUT2D eigenvalue weighted by Crippen LogP contribution is -2.07. The molecule has 0 aliphatic carbocycles. The number of hydrogen-bond donors (Lipinski definition) is 1. The van der Waals surface area contributed by atoms with Crippen molar-refractivity contribution in [3.05, 3.63) is 57.3 Å². The molecule has 20 heavy (non-hydrogen) atoms. The Kier molecular flexibility index (Phi) is 4.89. The van der Waals surface area contributed by atoms with Gasteiger partial charge in [-0.3, -0.25) is 0 Å². The van der Waals surface area contributed by atoms with Crippen LogP contribution in [0.5, 0.6) is 5.75 Å². The minimum absolute atomic E-state index is 0.0813. The number of halogens is 3. The lowest BCUT2D eigenvalue weighted by atomic mass is 10.1. The highest BCUT2D eigenvalue weighted by atomic mass is 79.9. The third-order valence-electron chi connectivity index (χ3n) is 2.98. The van der Waals surface area contributed by atoms with Gasteiger partial charge in [-0.05, 0) is 42.8 Å². The van der Waals surface area contributed by atoms with Crippen LogP contribution in [0, 0.1) is 5.82 Å². The van der Waals surface area contributed by atoms with Gasteiger partial charge in [0.2, 0.25) is 0 Å². The summed E-state index contributed by atoms with van der Waals surface area (Å²) in [7, 11) is 1.45. The molecule has 0 bridgehead atoms. The molecule has 0 saturated heterocycles. The summed E-state index contributed by atoms with van der Waals surface area (Å²) in [5.41, 5.74) is 1.61. The Morgan fingerprint density at radius 1 is 1.25 bits per heavy atom. The number of anilines is 1. The lowest BCUT2D eigenvalue weighted by Gasteiger charge is -2.17. The Labute approximate surface area is 131 Å². The summed E-state index contributed by atoms with van der Waals surface area (Å²) in [6.07, 6.45) is 0. The summed E-state index contributed by atoms with van der Waals surface area (Å²) in [5.74, 6) is -0.138. The number of rotatable bonds is 4. The maximum Gasteiger partial charge on any atom is 0.165 e. The van der Waals surface area contributed by atoms with Crippen LogP contribution >= 0.6 is 27.5 Å². The van der Waals surface area contributed by atoms with Crippen molar-refractivity contribution in [3.63, 3.8) is 0 Å². The maximum atomic E-state index is 13.7. The molecule has 0 aromatic heterocycles. The van der Waals surface area contributed by atoms with Crippen LogP contribution in [0.15, 0.2) is 40.9 Å². The second-order valence-electron chi connectivity index (χ2n) is 4.38. The van der Waals surface area contributed by atoms with Gasteiger partial charge in [0, 0.05) is 10.5 Å². The second kappa shape index (κ2) is 6.46.